The van der Waals surface area contributed by atoms with Gasteiger partial charge in [-0.25, -0.2) is 0 Å². The van der Waals surface area contributed by atoms with Gasteiger partial charge in [-0.3, -0.25) is 0 Å². The van der Waals surface area contributed by atoms with Crippen LogP contribution in [0.5, 0.6) is 23.0 Å². The average molecular weight is 346 g/mol. The van der Waals surface area contributed by atoms with Gasteiger partial charge in [0, 0.05) is 12.7 Å². The minimum Gasteiger partial charge on any atom is -0.504 e. The van der Waals surface area contributed by atoms with Crippen LogP contribution in [0.25, 0.3) is 0 Å². The number of aromatic hydroxyl groups is 1. The Morgan fingerprint density at radius 1 is 0.960 bits per heavy atom. The van der Waals surface area contributed by atoms with Crippen LogP contribution in [-0.2, 0) is 11.2 Å². The Labute approximate surface area is 149 Å². The van der Waals surface area contributed by atoms with Crippen molar-refractivity contribution in [1.29, 1.82) is 0 Å². The van der Waals surface area contributed by atoms with Crippen LogP contribution in [0, 0.1) is 0 Å². The van der Waals surface area contributed by atoms with Gasteiger partial charge in [-0.15, -0.1) is 0 Å². The number of aryl methyl sites for hydroxylation is 1. The minimum absolute atomic E-state index is 0.00906. The van der Waals surface area contributed by atoms with Crippen molar-refractivity contribution in [2.45, 2.75) is 25.9 Å². The Hall–Kier alpha value is -2.40. The Kier molecular flexibility index (Phi) is 6.95. The number of methoxy groups -OCH3 is 3. The number of ether oxygens (including phenoxy) is 4. The van der Waals surface area contributed by atoms with Crippen LogP contribution in [0.3, 0.4) is 0 Å². The summed E-state index contributed by atoms with van der Waals surface area (Å²) in [6.45, 7) is 2.45. The second-order valence-electron chi connectivity index (χ2n) is 5.54. The number of benzene rings is 2. The summed E-state index contributed by atoms with van der Waals surface area (Å²) in [5.74, 6) is 1.20. The van der Waals surface area contributed by atoms with E-state index in [0.29, 0.717) is 30.1 Å². The van der Waals surface area contributed by atoms with Gasteiger partial charge in [0.2, 0.25) is 5.75 Å². The summed E-state index contributed by atoms with van der Waals surface area (Å²) in [4.78, 5) is 0. The zero-order valence-electron chi connectivity index (χ0n) is 15.2. The Bertz CT molecular complexity index is 670. The fourth-order valence-corrected chi connectivity index (χ4v) is 2.90. The third kappa shape index (κ3) is 4.37. The first-order chi connectivity index (χ1) is 12.2. The third-order valence-electron chi connectivity index (χ3n) is 4.09. The van der Waals surface area contributed by atoms with Crippen LogP contribution in [0.2, 0.25) is 0 Å². The van der Waals surface area contributed by atoms with Crippen molar-refractivity contribution < 1.29 is 24.1 Å². The maximum absolute atomic E-state index is 10.7. The van der Waals surface area contributed by atoms with Gasteiger partial charge in [0.15, 0.2) is 11.5 Å². The van der Waals surface area contributed by atoms with Crippen molar-refractivity contribution >= 4 is 0 Å². The number of phenolic OH excluding ortho intramolecular Hbond substituents is 1. The third-order valence-corrected chi connectivity index (χ3v) is 4.09. The predicted octanol–water partition coefficient (Wildman–Crippen LogP) is 4.13. The molecule has 0 spiro atoms. The smallest absolute Gasteiger partial charge is 0.203 e. The Balaban J connectivity index is 2.38. The van der Waals surface area contributed by atoms with Gasteiger partial charge >= 0.3 is 0 Å². The first kappa shape index (κ1) is 18.9. The summed E-state index contributed by atoms with van der Waals surface area (Å²) >= 11 is 0. The molecule has 0 aromatic heterocycles. The molecule has 0 saturated carbocycles. The molecule has 2 aromatic rings. The molecule has 0 aliphatic carbocycles. The molecule has 0 unspecified atom stereocenters. The standard InChI is InChI=1S/C20H26O5/c1-5-25-15(12-11-14-9-7-6-8-10-14)18-16(22-2)13-17(23-3)20(24-4)19(18)21/h6-10,13,15,21H,5,11-12H2,1-4H3/t15-/m1/s1. The lowest BCUT2D eigenvalue weighted by Gasteiger charge is -2.23. The first-order valence-electron chi connectivity index (χ1n) is 8.33. The summed E-state index contributed by atoms with van der Waals surface area (Å²) < 4.78 is 22.0. The van der Waals surface area contributed by atoms with E-state index in [0.717, 1.165) is 6.42 Å². The maximum Gasteiger partial charge on any atom is 0.203 e. The lowest BCUT2D eigenvalue weighted by Crippen LogP contribution is -2.09. The van der Waals surface area contributed by atoms with Crippen molar-refractivity contribution in [1.82, 2.24) is 0 Å². The minimum atomic E-state index is -0.319. The molecule has 0 amide bonds. The molecular weight excluding hydrogens is 320 g/mol. The van der Waals surface area contributed by atoms with Crippen LogP contribution in [0.1, 0.15) is 30.6 Å². The second-order valence-corrected chi connectivity index (χ2v) is 5.54. The van der Waals surface area contributed by atoms with Crippen LogP contribution in [-0.4, -0.2) is 33.0 Å². The molecular formula is C20H26O5. The molecule has 2 rings (SSSR count). The van der Waals surface area contributed by atoms with Crippen molar-refractivity contribution in [3.63, 3.8) is 0 Å². The molecule has 0 radical (unpaired) electrons. The highest BCUT2D eigenvalue weighted by molar-refractivity contribution is 5.61. The molecule has 136 valence electrons. The van der Waals surface area contributed by atoms with E-state index in [1.54, 1.807) is 13.2 Å². The van der Waals surface area contributed by atoms with Crippen molar-refractivity contribution in [3.8, 4) is 23.0 Å². The summed E-state index contributed by atoms with van der Waals surface area (Å²) in [7, 11) is 4.57. The molecule has 5 heteroatoms. The quantitative estimate of drug-likeness (QED) is 0.740. The lowest BCUT2D eigenvalue weighted by atomic mass is 9.98. The van der Waals surface area contributed by atoms with Gasteiger partial charge in [0.05, 0.1) is 33.0 Å². The van der Waals surface area contributed by atoms with E-state index >= 15 is 0 Å². The highest BCUT2D eigenvalue weighted by Crippen LogP contribution is 2.48. The van der Waals surface area contributed by atoms with Crippen LogP contribution in [0.15, 0.2) is 36.4 Å². The molecule has 0 bridgehead atoms. The van der Waals surface area contributed by atoms with Gasteiger partial charge in [-0.1, -0.05) is 30.3 Å². The van der Waals surface area contributed by atoms with Gasteiger partial charge in [0.25, 0.3) is 0 Å². The number of hydrogen-bond acceptors (Lipinski definition) is 5. The number of hydrogen-bond donors (Lipinski definition) is 1. The molecule has 1 N–H and O–H groups in total. The van der Waals surface area contributed by atoms with Gasteiger partial charge < -0.3 is 24.1 Å². The molecule has 25 heavy (non-hydrogen) atoms. The van der Waals surface area contributed by atoms with Crippen LogP contribution in [0.4, 0.5) is 0 Å². The highest BCUT2D eigenvalue weighted by atomic mass is 16.5. The Morgan fingerprint density at radius 3 is 2.20 bits per heavy atom. The molecule has 1 atom stereocenters. The molecule has 0 aliphatic rings. The van der Waals surface area contributed by atoms with E-state index in [1.165, 1.54) is 19.8 Å². The van der Waals surface area contributed by atoms with Crippen LogP contribution >= 0.6 is 0 Å². The monoisotopic (exact) mass is 346 g/mol. The molecule has 0 saturated heterocycles. The fraction of sp³-hybridized carbons (Fsp3) is 0.400. The largest absolute Gasteiger partial charge is 0.504 e. The zero-order valence-corrected chi connectivity index (χ0v) is 15.2. The molecule has 0 fully saturated rings. The molecule has 0 heterocycles. The van der Waals surface area contributed by atoms with E-state index < -0.39 is 0 Å². The molecule has 2 aromatic carbocycles. The van der Waals surface area contributed by atoms with E-state index in [-0.39, 0.29) is 17.6 Å². The van der Waals surface area contributed by atoms with Crippen molar-refractivity contribution in [3.05, 3.63) is 47.5 Å². The first-order valence-corrected chi connectivity index (χ1v) is 8.33. The van der Waals surface area contributed by atoms with E-state index in [9.17, 15) is 5.11 Å². The van der Waals surface area contributed by atoms with E-state index in [4.69, 9.17) is 18.9 Å². The fourth-order valence-electron chi connectivity index (χ4n) is 2.90. The molecule has 0 aliphatic heterocycles. The summed E-state index contributed by atoms with van der Waals surface area (Å²) in [6.07, 6.45) is 1.21. The van der Waals surface area contributed by atoms with Gasteiger partial charge in [-0.05, 0) is 25.3 Å². The second kappa shape index (κ2) is 9.18. The van der Waals surface area contributed by atoms with E-state index in [1.807, 2.05) is 25.1 Å². The lowest BCUT2D eigenvalue weighted by molar-refractivity contribution is 0.0525. The van der Waals surface area contributed by atoms with Crippen molar-refractivity contribution in [2.75, 3.05) is 27.9 Å². The van der Waals surface area contributed by atoms with E-state index in [2.05, 4.69) is 12.1 Å². The SMILES string of the molecule is CCO[C@H](CCc1ccccc1)c1c(OC)cc(OC)c(OC)c1O. The maximum atomic E-state index is 10.7. The Morgan fingerprint density at radius 2 is 1.64 bits per heavy atom. The average Bonchev–Trinajstić information content (AvgIpc) is 2.65. The van der Waals surface area contributed by atoms with Crippen LogP contribution < -0.4 is 14.2 Å². The van der Waals surface area contributed by atoms with Crippen molar-refractivity contribution in [2.24, 2.45) is 0 Å². The highest BCUT2D eigenvalue weighted by Gasteiger charge is 2.26. The predicted molar refractivity (Wildman–Crippen MR) is 96.9 cm³/mol. The van der Waals surface area contributed by atoms with Gasteiger partial charge in [0.1, 0.15) is 5.75 Å². The summed E-state index contributed by atoms with van der Waals surface area (Å²) in [5, 5.41) is 10.7. The number of rotatable bonds is 9. The number of phenols is 1. The summed E-state index contributed by atoms with van der Waals surface area (Å²) in [5.41, 5.74) is 1.80. The zero-order chi connectivity index (χ0) is 18.2. The topological polar surface area (TPSA) is 57.2 Å². The molecule has 5 nitrogen and oxygen atoms in total. The normalized spacial score (nSPS) is 11.8. The van der Waals surface area contributed by atoms with Gasteiger partial charge in [-0.2, -0.15) is 0 Å². The summed E-state index contributed by atoms with van der Waals surface area (Å²) in [6, 6.07) is 11.9.